The van der Waals surface area contributed by atoms with E-state index in [9.17, 15) is 0 Å². The normalized spacial score (nSPS) is 19.6. The molecule has 0 amide bonds. The minimum Gasteiger partial charge on any atom is -0.382 e. The van der Waals surface area contributed by atoms with Crippen LogP contribution >= 0.6 is 11.6 Å². The van der Waals surface area contributed by atoms with E-state index in [1.807, 2.05) is 35.1 Å². The first kappa shape index (κ1) is 19.5. The van der Waals surface area contributed by atoms with E-state index in [0.29, 0.717) is 10.8 Å². The van der Waals surface area contributed by atoms with E-state index in [2.05, 4.69) is 25.9 Å². The van der Waals surface area contributed by atoms with Crippen molar-refractivity contribution in [2.24, 2.45) is 11.1 Å². The summed E-state index contributed by atoms with van der Waals surface area (Å²) in [7, 11) is 0. The van der Waals surface area contributed by atoms with Crippen LogP contribution < -0.4 is 16.4 Å². The lowest BCUT2D eigenvalue weighted by Crippen LogP contribution is -2.44. The predicted octanol–water partition coefficient (Wildman–Crippen LogP) is 3.26. The number of hydrogen-bond acceptors (Lipinski definition) is 7. The molecular weight excluding hydrogens is 424 g/mol. The zero-order valence-corrected chi connectivity index (χ0v) is 18.2. The highest BCUT2D eigenvalue weighted by atomic mass is 35.5. The molecule has 162 valence electrons. The molecule has 5 heterocycles. The Morgan fingerprint density at radius 2 is 1.88 bits per heavy atom. The van der Waals surface area contributed by atoms with Gasteiger partial charge in [-0.25, -0.2) is 15.0 Å². The number of nitrogens with two attached hydrogens (primary N) is 2. The molecule has 1 aliphatic heterocycles. The van der Waals surface area contributed by atoms with Crippen molar-refractivity contribution < 1.29 is 0 Å². The van der Waals surface area contributed by atoms with E-state index in [1.165, 1.54) is 5.56 Å². The van der Waals surface area contributed by atoms with Gasteiger partial charge in [0.05, 0.1) is 23.0 Å². The molecule has 1 saturated heterocycles. The number of rotatable bonds is 2. The van der Waals surface area contributed by atoms with Crippen molar-refractivity contribution in [2.75, 3.05) is 23.7 Å². The van der Waals surface area contributed by atoms with Crippen molar-refractivity contribution >= 4 is 28.8 Å². The van der Waals surface area contributed by atoms with Crippen molar-refractivity contribution in [1.82, 2.24) is 24.3 Å². The Labute approximate surface area is 190 Å². The summed E-state index contributed by atoms with van der Waals surface area (Å²) in [6, 6.07) is 5.98. The van der Waals surface area contributed by atoms with Crippen LogP contribution in [0.15, 0.2) is 49.2 Å². The lowest BCUT2D eigenvalue weighted by molar-refractivity contribution is 0.186. The number of halogens is 1. The van der Waals surface area contributed by atoms with E-state index in [1.54, 1.807) is 12.4 Å². The highest BCUT2D eigenvalue weighted by Gasteiger charge is 2.47. The second kappa shape index (κ2) is 7.15. The van der Waals surface area contributed by atoms with Gasteiger partial charge in [-0.15, -0.1) is 0 Å². The second-order valence-corrected chi connectivity index (χ2v) is 9.08. The number of anilines is 2. The first-order valence-electron chi connectivity index (χ1n) is 10.7. The summed E-state index contributed by atoms with van der Waals surface area (Å²) in [5, 5.41) is 0.404. The zero-order valence-electron chi connectivity index (χ0n) is 17.4. The fourth-order valence-electron chi connectivity index (χ4n) is 5.30. The summed E-state index contributed by atoms with van der Waals surface area (Å²) in [5.41, 5.74) is 16.7. The maximum Gasteiger partial charge on any atom is 0.154 e. The first-order valence-corrected chi connectivity index (χ1v) is 11.1. The summed E-state index contributed by atoms with van der Waals surface area (Å²) in [6.07, 6.45) is 12.0. The number of fused-ring (bicyclic) bond motifs is 2. The summed E-state index contributed by atoms with van der Waals surface area (Å²) >= 11 is 6.41. The molecule has 4 aromatic rings. The van der Waals surface area contributed by atoms with Gasteiger partial charge in [0.2, 0.25) is 0 Å². The Morgan fingerprint density at radius 1 is 1.03 bits per heavy atom. The van der Waals surface area contributed by atoms with Crippen molar-refractivity contribution in [3.63, 3.8) is 0 Å². The number of hydrogen-bond donors (Lipinski definition) is 2. The molecular formula is C23H23ClN8. The number of imidazole rings is 1. The van der Waals surface area contributed by atoms with Crippen LogP contribution in [0.2, 0.25) is 5.02 Å². The van der Waals surface area contributed by atoms with Crippen LogP contribution in [-0.2, 0) is 6.42 Å². The largest absolute Gasteiger partial charge is 0.382 e. The molecule has 4 N–H and O–H groups in total. The van der Waals surface area contributed by atoms with Crippen LogP contribution in [0.1, 0.15) is 30.1 Å². The minimum atomic E-state index is -0.00883. The van der Waals surface area contributed by atoms with Gasteiger partial charge in [-0.1, -0.05) is 17.7 Å². The van der Waals surface area contributed by atoms with E-state index >= 15 is 0 Å². The summed E-state index contributed by atoms with van der Waals surface area (Å²) in [5.74, 6) is 1.93. The van der Waals surface area contributed by atoms with Crippen molar-refractivity contribution in [3.8, 4) is 11.4 Å². The molecule has 32 heavy (non-hydrogen) atoms. The monoisotopic (exact) mass is 446 g/mol. The molecule has 2 aliphatic rings. The third kappa shape index (κ3) is 2.79. The SMILES string of the molecule is Nc1nccc(-c2ncc3c(N4CCC5(CC4)Cc4cccnc4[C@H]5N)nccn23)c1Cl. The van der Waals surface area contributed by atoms with Gasteiger partial charge < -0.3 is 16.4 Å². The molecule has 0 bridgehead atoms. The van der Waals surface area contributed by atoms with Crippen molar-refractivity contribution in [3.05, 3.63) is 65.5 Å². The van der Waals surface area contributed by atoms with Crippen LogP contribution in [0.25, 0.3) is 16.9 Å². The Kier molecular flexibility index (Phi) is 4.34. The average Bonchev–Trinajstić information content (AvgIpc) is 3.36. The molecule has 1 fully saturated rings. The molecule has 1 atom stereocenters. The maximum absolute atomic E-state index is 6.69. The smallest absolute Gasteiger partial charge is 0.154 e. The van der Waals surface area contributed by atoms with Crippen LogP contribution in [0, 0.1) is 5.41 Å². The molecule has 1 aliphatic carbocycles. The molecule has 6 rings (SSSR count). The Balaban J connectivity index is 1.31. The lowest BCUT2D eigenvalue weighted by atomic mass is 9.73. The van der Waals surface area contributed by atoms with Crippen molar-refractivity contribution in [2.45, 2.75) is 25.3 Å². The van der Waals surface area contributed by atoms with Crippen LogP contribution in [-0.4, -0.2) is 37.4 Å². The van der Waals surface area contributed by atoms with Crippen LogP contribution in [0.3, 0.4) is 0 Å². The van der Waals surface area contributed by atoms with E-state index in [4.69, 9.17) is 28.1 Å². The molecule has 8 nitrogen and oxygen atoms in total. The quantitative estimate of drug-likeness (QED) is 0.486. The number of nitrogens with zero attached hydrogens (tertiary/aromatic N) is 6. The second-order valence-electron chi connectivity index (χ2n) is 8.70. The van der Waals surface area contributed by atoms with Gasteiger partial charge in [-0.2, -0.15) is 0 Å². The molecule has 0 radical (unpaired) electrons. The fraction of sp³-hybridized carbons (Fsp3) is 0.304. The Morgan fingerprint density at radius 3 is 2.69 bits per heavy atom. The van der Waals surface area contributed by atoms with Gasteiger partial charge in [0.25, 0.3) is 0 Å². The topological polar surface area (TPSA) is 111 Å². The van der Waals surface area contributed by atoms with Gasteiger partial charge in [-0.3, -0.25) is 9.38 Å². The number of piperidine rings is 1. The summed E-state index contributed by atoms with van der Waals surface area (Å²) < 4.78 is 2.01. The highest BCUT2D eigenvalue weighted by molar-refractivity contribution is 6.35. The van der Waals surface area contributed by atoms with Gasteiger partial charge >= 0.3 is 0 Å². The first-order chi connectivity index (χ1) is 15.6. The van der Waals surface area contributed by atoms with E-state index < -0.39 is 0 Å². The number of pyridine rings is 2. The molecule has 0 unspecified atom stereocenters. The standard InChI is InChI=1S/C23H23ClN8/c24-17-15(3-7-28-20(17)26)21-30-13-16-22(29-8-11-32(16)21)31-9-4-23(5-10-31)12-14-2-1-6-27-18(14)19(23)25/h1-3,6-8,11,13,19H,4-5,9-10,12,25H2,(H2,26,28)/t19-/m1/s1. The lowest BCUT2D eigenvalue weighted by Gasteiger charge is -2.42. The fourth-order valence-corrected chi connectivity index (χ4v) is 5.50. The zero-order chi connectivity index (χ0) is 21.9. The van der Waals surface area contributed by atoms with E-state index in [-0.39, 0.29) is 11.5 Å². The molecule has 9 heteroatoms. The van der Waals surface area contributed by atoms with E-state index in [0.717, 1.165) is 60.8 Å². The third-order valence-corrected chi connectivity index (χ3v) is 7.47. The maximum atomic E-state index is 6.69. The molecule has 0 aromatic carbocycles. The minimum absolute atomic E-state index is 0.00883. The van der Waals surface area contributed by atoms with Gasteiger partial charge in [0.15, 0.2) is 5.82 Å². The third-order valence-electron chi connectivity index (χ3n) is 7.08. The van der Waals surface area contributed by atoms with Crippen molar-refractivity contribution in [1.29, 1.82) is 0 Å². The molecule has 1 spiro atoms. The predicted molar refractivity (Wildman–Crippen MR) is 124 cm³/mol. The van der Waals surface area contributed by atoms with Gasteiger partial charge in [0.1, 0.15) is 17.2 Å². The van der Waals surface area contributed by atoms with Crippen LogP contribution in [0.5, 0.6) is 0 Å². The summed E-state index contributed by atoms with van der Waals surface area (Å²) in [6.45, 7) is 1.77. The number of aromatic nitrogens is 5. The summed E-state index contributed by atoms with van der Waals surface area (Å²) in [4.78, 5) is 20.3. The Bertz CT molecular complexity index is 1320. The molecule has 4 aromatic heterocycles. The average molecular weight is 447 g/mol. The molecule has 0 saturated carbocycles. The van der Waals surface area contributed by atoms with Gasteiger partial charge in [0, 0.05) is 43.4 Å². The van der Waals surface area contributed by atoms with Crippen LogP contribution in [0.4, 0.5) is 11.6 Å². The van der Waals surface area contributed by atoms with Gasteiger partial charge in [-0.05, 0) is 42.4 Å². The Hall–Kier alpha value is -3.23. The number of nitrogen functional groups attached to an aromatic ring is 1. The highest BCUT2D eigenvalue weighted by Crippen LogP contribution is 2.50.